The molecular formula is C27H26Cl2N4O3. The van der Waals surface area contributed by atoms with Gasteiger partial charge < -0.3 is 10.6 Å². The number of hydrogen-bond donors (Lipinski definition) is 2. The number of amides is 1. The van der Waals surface area contributed by atoms with Gasteiger partial charge in [-0.3, -0.25) is 14.2 Å². The summed E-state index contributed by atoms with van der Waals surface area (Å²) in [5.41, 5.74) is 2.44. The predicted octanol–water partition coefficient (Wildman–Crippen LogP) is 4.08. The molecule has 0 spiro atoms. The first-order valence-corrected chi connectivity index (χ1v) is 12.2. The van der Waals surface area contributed by atoms with Crippen molar-refractivity contribution in [3.05, 3.63) is 108 Å². The van der Waals surface area contributed by atoms with E-state index in [-0.39, 0.29) is 33.1 Å². The maximum absolute atomic E-state index is 13.2. The van der Waals surface area contributed by atoms with Gasteiger partial charge in [-0.2, -0.15) is 0 Å². The maximum Gasteiger partial charge on any atom is 0.335 e. The van der Waals surface area contributed by atoms with Gasteiger partial charge in [-0.25, -0.2) is 9.36 Å². The van der Waals surface area contributed by atoms with Crippen LogP contribution in [0.5, 0.6) is 0 Å². The summed E-state index contributed by atoms with van der Waals surface area (Å²) >= 11 is 12.3. The molecule has 0 radical (unpaired) electrons. The molecule has 0 saturated heterocycles. The zero-order valence-corrected chi connectivity index (χ0v) is 21.7. The number of carbonyl (C=O) groups excluding carboxylic acids is 1. The summed E-state index contributed by atoms with van der Waals surface area (Å²) in [4.78, 5) is 38.9. The van der Waals surface area contributed by atoms with Crippen molar-refractivity contribution in [1.82, 2.24) is 19.8 Å². The van der Waals surface area contributed by atoms with Crippen LogP contribution in [0.2, 0.25) is 10.0 Å². The van der Waals surface area contributed by atoms with Gasteiger partial charge >= 0.3 is 5.69 Å². The maximum atomic E-state index is 13.2. The van der Waals surface area contributed by atoms with E-state index in [4.69, 9.17) is 23.2 Å². The zero-order chi connectivity index (χ0) is 26.0. The van der Waals surface area contributed by atoms with Crippen LogP contribution in [0, 0.1) is 0 Å². The Kier molecular flexibility index (Phi) is 7.64. The first-order chi connectivity index (χ1) is 17.2. The third-order valence-electron chi connectivity index (χ3n) is 6.02. The van der Waals surface area contributed by atoms with Crippen LogP contribution in [0.4, 0.5) is 0 Å². The Morgan fingerprint density at radius 3 is 2.25 bits per heavy atom. The van der Waals surface area contributed by atoms with Gasteiger partial charge in [0.25, 0.3) is 11.5 Å². The Balaban J connectivity index is 1.57. The summed E-state index contributed by atoms with van der Waals surface area (Å²) < 4.78 is 2.66. The molecule has 7 nitrogen and oxygen atoms in total. The molecule has 1 atom stereocenters. The van der Waals surface area contributed by atoms with E-state index in [9.17, 15) is 14.4 Å². The quantitative estimate of drug-likeness (QED) is 0.381. The number of halogens is 2. The van der Waals surface area contributed by atoms with Crippen molar-refractivity contribution in [3.63, 3.8) is 0 Å². The predicted molar refractivity (Wildman–Crippen MR) is 145 cm³/mol. The van der Waals surface area contributed by atoms with Gasteiger partial charge in [-0.05, 0) is 67.9 Å². The second-order valence-electron chi connectivity index (χ2n) is 8.71. The Morgan fingerprint density at radius 1 is 0.972 bits per heavy atom. The van der Waals surface area contributed by atoms with Crippen molar-refractivity contribution in [1.29, 1.82) is 0 Å². The van der Waals surface area contributed by atoms with E-state index in [1.54, 1.807) is 43.4 Å². The smallest absolute Gasteiger partial charge is 0.335 e. The van der Waals surface area contributed by atoms with E-state index in [0.29, 0.717) is 29.6 Å². The lowest BCUT2D eigenvalue weighted by Gasteiger charge is -2.16. The Morgan fingerprint density at radius 2 is 1.61 bits per heavy atom. The average Bonchev–Trinajstić information content (AvgIpc) is 2.84. The summed E-state index contributed by atoms with van der Waals surface area (Å²) in [5, 5.41) is 7.03. The van der Waals surface area contributed by atoms with Crippen molar-refractivity contribution in [2.24, 2.45) is 7.05 Å². The molecule has 36 heavy (non-hydrogen) atoms. The first kappa shape index (κ1) is 25.7. The number of fused-ring (bicyclic) bond motifs is 1. The van der Waals surface area contributed by atoms with Crippen LogP contribution in [0.3, 0.4) is 0 Å². The minimum absolute atomic E-state index is 0.209. The highest BCUT2D eigenvalue weighted by atomic mass is 35.5. The van der Waals surface area contributed by atoms with Gasteiger partial charge in [0.2, 0.25) is 0 Å². The fourth-order valence-electron chi connectivity index (χ4n) is 4.23. The van der Waals surface area contributed by atoms with Gasteiger partial charge in [0.15, 0.2) is 0 Å². The van der Waals surface area contributed by atoms with E-state index in [0.717, 1.165) is 11.1 Å². The molecule has 3 aromatic carbocycles. The summed E-state index contributed by atoms with van der Waals surface area (Å²) in [6, 6.07) is 17.3. The largest absolute Gasteiger partial charge is 0.349 e. The molecule has 186 valence electrons. The van der Waals surface area contributed by atoms with Crippen LogP contribution in [-0.4, -0.2) is 28.1 Å². The highest BCUT2D eigenvalue weighted by molar-refractivity contribution is 6.39. The lowest BCUT2D eigenvalue weighted by molar-refractivity contribution is 0.0940. The lowest BCUT2D eigenvalue weighted by atomic mass is 10.1. The molecule has 4 aromatic rings. The Labute approximate surface area is 218 Å². The number of nitrogens with zero attached hydrogens (tertiary/aromatic N) is 2. The molecule has 9 heteroatoms. The fraction of sp³-hybridized carbons (Fsp3) is 0.222. The van der Waals surface area contributed by atoms with Crippen molar-refractivity contribution < 1.29 is 4.79 Å². The van der Waals surface area contributed by atoms with Crippen LogP contribution < -0.4 is 21.9 Å². The van der Waals surface area contributed by atoms with Gasteiger partial charge in [0.1, 0.15) is 0 Å². The van der Waals surface area contributed by atoms with Crippen LogP contribution >= 0.6 is 23.2 Å². The molecule has 4 rings (SSSR count). The van der Waals surface area contributed by atoms with Crippen molar-refractivity contribution in [2.45, 2.75) is 25.9 Å². The second kappa shape index (κ2) is 10.7. The molecule has 0 aliphatic heterocycles. The molecular weight excluding hydrogens is 499 g/mol. The normalized spacial score (nSPS) is 12.0. The molecule has 1 unspecified atom stereocenters. The van der Waals surface area contributed by atoms with Crippen molar-refractivity contribution in [2.75, 3.05) is 7.05 Å². The van der Waals surface area contributed by atoms with E-state index >= 15 is 0 Å². The molecule has 0 aliphatic rings. The molecule has 0 bridgehead atoms. The number of hydrogen-bond acceptors (Lipinski definition) is 4. The van der Waals surface area contributed by atoms with Crippen LogP contribution in [0.15, 0.2) is 70.3 Å². The van der Waals surface area contributed by atoms with Crippen LogP contribution in [0.1, 0.15) is 28.4 Å². The van der Waals surface area contributed by atoms with E-state index < -0.39 is 5.69 Å². The summed E-state index contributed by atoms with van der Waals surface area (Å²) in [6.07, 6.45) is 0.535. The van der Waals surface area contributed by atoms with Crippen molar-refractivity contribution >= 4 is 40.0 Å². The van der Waals surface area contributed by atoms with E-state index in [1.165, 1.54) is 9.13 Å². The van der Waals surface area contributed by atoms with E-state index in [1.807, 2.05) is 38.2 Å². The zero-order valence-electron chi connectivity index (χ0n) is 20.1. The summed E-state index contributed by atoms with van der Waals surface area (Å²) in [6.45, 7) is 2.52. The highest BCUT2D eigenvalue weighted by Crippen LogP contribution is 2.24. The summed E-state index contributed by atoms with van der Waals surface area (Å²) in [5.74, 6) is -0.348. The minimum atomic E-state index is -0.417. The molecule has 1 heterocycles. The topological polar surface area (TPSA) is 85.1 Å². The third-order valence-corrected chi connectivity index (χ3v) is 6.65. The fourth-order valence-corrected chi connectivity index (χ4v) is 4.80. The number of aryl methyl sites for hydroxylation is 1. The molecule has 0 saturated carbocycles. The van der Waals surface area contributed by atoms with Crippen LogP contribution in [-0.2, 0) is 20.0 Å². The molecule has 0 aliphatic carbocycles. The number of rotatable bonds is 7. The van der Waals surface area contributed by atoms with Crippen molar-refractivity contribution in [3.8, 4) is 5.69 Å². The monoisotopic (exact) mass is 524 g/mol. The Bertz CT molecular complexity index is 1540. The van der Waals surface area contributed by atoms with Gasteiger partial charge in [0, 0.05) is 19.6 Å². The number of aromatic nitrogens is 2. The molecule has 1 aromatic heterocycles. The third kappa shape index (κ3) is 5.09. The first-order valence-electron chi connectivity index (χ1n) is 11.4. The number of carbonyl (C=O) groups is 1. The molecule has 1 amide bonds. The lowest BCUT2D eigenvalue weighted by Crippen LogP contribution is -2.38. The van der Waals surface area contributed by atoms with Gasteiger partial charge in [-0.15, -0.1) is 0 Å². The molecule has 2 N–H and O–H groups in total. The number of nitrogens with one attached hydrogen (secondary N) is 2. The Hall–Kier alpha value is -3.39. The average molecular weight is 525 g/mol. The highest BCUT2D eigenvalue weighted by Gasteiger charge is 2.17. The standard InChI is InChI=1S/C27H26Cl2N4O3/c1-16(31-25(34)24-21(28)5-4-6-22(24)29)13-17-7-10-19(11-8-17)33-26(35)20-12-9-18(15-30-2)14-23(20)32(3)27(33)36/h4-12,14,16,30H,13,15H2,1-3H3,(H,31,34). The van der Waals surface area contributed by atoms with Gasteiger partial charge in [0.05, 0.1) is 32.2 Å². The van der Waals surface area contributed by atoms with Crippen LogP contribution in [0.25, 0.3) is 16.6 Å². The minimum Gasteiger partial charge on any atom is -0.349 e. The second-order valence-corrected chi connectivity index (χ2v) is 9.52. The SMILES string of the molecule is CNCc1ccc2c(=O)n(-c3ccc(CC(C)NC(=O)c4c(Cl)cccc4Cl)cc3)c(=O)n(C)c2c1. The van der Waals surface area contributed by atoms with E-state index in [2.05, 4.69) is 10.6 Å². The number of benzene rings is 3. The van der Waals surface area contributed by atoms with Gasteiger partial charge in [-0.1, -0.05) is 47.5 Å². The molecule has 0 fully saturated rings. The summed E-state index contributed by atoms with van der Waals surface area (Å²) in [7, 11) is 3.50.